The molecule has 2 heterocycles. The number of rotatable bonds is 2. The summed E-state index contributed by atoms with van der Waals surface area (Å²) in [5.74, 6) is -1.08. The lowest BCUT2D eigenvalue weighted by molar-refractivity contribution is 0.0665. The van der Waals surface area contributed by atoms with Crippen LogP contribution in [-0.2, 0) is 0 Å². The van der Waals surface area contributed by atoms with Crippen molar-refractivity contribution >= 4 is 39.0 Å². The van der Waals surface area contributed by atoms with E-state index in [2.05, 4.69) is 11.4 Å². The Morgan fingerprint density at radius 2 is 1.90 bits per heavy atom. The molecule has 0 fully saturated rings. The van der Waals surface area contributed by atoms with E-state index in [0.29, 0.717) is 5.58 Å². The largest absolute Gasteiger partial charge is 0.475 e. The van der Waals surface area contributed by atoms with Gasteiger partial charge >= 0.3 is 5.97 Å². The van der Waals surface area contributed by atoms with E-state index in [0.717, 1.165) is 27.3 Å². The summed E-state index contributed by atoms with van der Waals surface area (Å²) in [7, 11) is 0. The molecule has 0 saturated carbocycles. The monoisotopic (exact) mass is 294 g/mol. The van der Waals surface area contributed by atoms with E-state index in [1.165, 1.54) is 0 Å². The lowest BCUT2D eigenvalue weighted by atomic mass is 9.98. The highest BCUT2D eigenvalue weighted by Gasteiger charge is 2.15. The molecule has 0 saturated heterocycles. The molecule has 0 radical (unpaired) electrons. The Morgan fingerprint density at radius 3 is 2.62 bits per heavy atom. The Morgan fingerprint density at radius 1 is 1.10 bits per heavy atom. The molecular formula is C17H10O3S. The normalized spacial score (nSPS) is 11.2. The van der Waals surface area contributed by atoms with E-state index < -0.39 is 5.97 Å². The van der Waals surface area contributed by atoms with Crippen molar-refractivity contribution in [2.75, 3.05) is 0 Å². The minimum Gasteiger partial charge on any atom is -0.475 e. The van der Waals surface area contributed by atoms with Gasteiger partial charge in [0.05, 0.1) is 0 Å². The van der Waals surface area contributed by atoms with Gasteiger partial charge in [0.2, 0.25) is 5.76 Å². The maximum absolute atomic E-state index is 11.1. The first-order valence-corrected chi connectivity index (χ1v) is 7.39. The second-order valence-corrected chi connectivity index (χ2v) is 5.60. The van der Waals surface area contributed by atoms with E-state index in [4.69, 9.17) is 9.52 Å². The fourth-order valence-electron chi connectivity index (χ4n) is 2.63. The molecule has 3 nitrogen and oxygen atoms in total. The summed E-state index contributed by atoms with van der Waals surface area (Å²) in [5.41, 5.74) is 2.86. The Balaban J connectivity index is 2.16. The van der Waals surface area contributed by atoms with Crippen LogP contribution in [0.1, 0.15) is 10.6 Å². The zero-order valence-corrected chi connectivity index (χ0v) is 11.7. The molecular weight excluding hydrogens is 284 g/mol. The lowest BCUT2D eigenvalue weighted by Gasteiger charge is -2.05. The Hall–Kier alpha value is -2.59. The van der Waals surface area contributed by atoms with E-state index in [1.807, 2.05) is 35.7 Å². The third-order valence-corrected chi connectivity index (χ3v) is 4.25. The van der Waals surface area contributed by atoms with Crippen molar-refractivity contribution in [3.05, 3.63) is 59.0 Å². The fourth-order valence-corrected chi connectivity index (χ4v) is 3.29. The average Bonchev–Trinajstić information content (AvgIpc) is 3.15. The van der Waals surface area contributed by atoms with E-state index in [9.17, 15) is 4.79 Å². The topological polar surface area (TPSA) is 50.4 Å². The van der Waals surface area contributed by atoms with E-state index in [-0.39, 0.29) is 5.76 Å². The number of carboxylic acids is 1. The highest BCUT2D eigenvalue weighted by atomic mass is 32.1. The second kappa shape index (κ2) is 4.46. The molecule has 21 heavy (non-hydrogen) atoms. The van der Waals surface area contributed by atoms with Crippen LogP contribution in [-0.4, -0.2) is 11.1 Å². The quantitative estimate of drug-likeness (QED) is 0.565. The number of furan rings is 1. The predicted molar refractivity (Wildman–Crippen MR) is 84.0 cm³/mol. The zero-order valence-electron chi connectivity index (χ0n) is 10.9. The molecule has 1 N–H and O–H groups in total. The van der Waals surface area contributed by atoms with Crippen LogP contribution in [0, 0.1) is 0 Å². The predicted octanol–water partition coefficient (Wildman–Crippen LogP) is 5.01. The van der Waals surface area contributed by atoms with Gasteiger partial charge in [-0.05, 0) is 45.5 Å². The number of fused-ring (bicyclic) bond motifs is 3. The molecule has 0 bridgehead atoms. The van der Waals surface area contributed by atoms with Crippen molar-refractivity contribution in [3.8, 4) is 11.1 Å². The molecule has 2 aromatic carbocycles. The lowest BCUT2D eigenvalue weighted by Crippen LogP contribution is -1.91. The summed E-state index contributed by atoms with van der Waals surface area (Å²) in [6.45, 7) is 0. The molecule has 0 unspecified atom stereocenters. The molecule has 0 aliphatic carbocycles. The van der Waals surface area contributed by atoms with Crippen LogP contribution in [0.15, 0.2) is 57.6 Å². The van der Waals surface area contributed by atoms with Crippen molar-refractivity contribution in [1.82, 2.24) is 0 Å². The van der Waals surface area contributed by atoms with Gasteiger partial charge in [-0.2, -0.15) is 11.3 Å². The van der Waals surface area contributed by atoms with Gasteiger partial charge in [-0.25, -0.2) is 4.79 Å². The van der Waals surface area contributed by atoms with E-state index >= 15 is 0 Å². The van der Waals surface area contributed by atoms with Crippen LogP contribution in [0.2, 0.25) is 0 Å². The van der Waals surface area contributed by atoms with Crippen molar-refractivity contribution in [3.63, 3.8) is 0 Å². The molecule has 102 valence electrons. The maximum Gasteiger partial charge on any atom is 0.371 e. The number of thiophene rings is 1. The number of hydrogen-bond acceptors (Lipinski definition) is 3. The summed E-state index contributed by atoms with van der Waals surface area (Å²) in [4.78, 5) is 11.1. The summed E-state index contributed by atoms with van der Waals surface area (Å²) in [6, 6.07) is 13.5. The Labute approximate surface area is 124 Å². The summed E-state index contributed by atoms with van der Waals surface area (Å²) >= 11 is 1.64. The molecule has 0 atom stereocenters. The van der Waals surface area contributed by atoms with Gasteiger partial charge in [-0.15, -0.1) is 0 Å². The number of benzene rings is 2. The van der Waals surface area contributed by atoms with Crippen molar-refractivity contribution in [2.45, 2.75) is 0 Å². The van der Waals surface area contributed by atoms with Crippen molar-refractivity contribution in [1.29, 1.82) is 0 Å². The number of hydrogen-bond donors (Lipinski definition) is 1. The molecule has 4 heteroatoms. The first-order chi connectivity index (χ1) is 10.2. The average molecular weight is 294 g/mol. The van der Waals surface area contributed by atoms with Gasteiger partial charge in [-0.3, -0.25) is 0 Å². The van der Waals surface area contributed by atoms with Crippen LogP contribution in [0.3, 0.4) is 0 Å². The van der Waals surface area contributed by atoms with Crippen molar-refractivity contribution < 1.29 is 14.3 Å². The maximum atomic E-state index is 11.1. The third-order valence-electron chi connectivity index (χ3n) is 3.57. The van der Waals surface area contributed by atoms with Crippen LogP contribution in [0.4, 0.5) is 0 Å². The molecule has 4 rings (SSSR count). The minimum atomic E-state index is -1.05. The van der Waals surface area contributed by atoms with Crippen LogP contribution in [0.5, 0.6) is 0 Å². The molecule has 0 spiro atoms. The smallest absolute Gasteiger partial charge is 0.371 e. The summed E-state index contributed by atoms with van der Waals surface area (Å²) in [5, 5.41) is 16.1. The number of carbonyl (C=O) groups is 1. The van der Waals surface area contributed by atoms with Gasteiger partial charge in [0.25, 0.3) is 0 Å². The van der Waals surface area contributed by atoms with E-state index in [1.54, 1.807) is 17.4 Å². The first kappa shape index (κ1) is 12.2. The summed E-state index contributed by atoms with van der Waals surface area (Å²) < 4.78 is 5.52. The zero-order chi connectivity index (χ0) is 14.4. The summed E-state index contributed by atoms with van der Waals surface area (Å²) in [6.07, 6.45) is 0. The molecule has 0 amide bonds. The number of carboxylic acid groups (broad SMARTS) is 1. The number of aromatic carboxylic acids is 1. The van der Waals surface area contributed by atoms with Gasteiger partial charge in [-0.1, -0.05) is 24.3 Å². The van der Waals surface area contributed by atoms with Crippen LogP contribution in [0.25, 0.3) is 32.9 Å². The molecule has 4 aromatic rings. The van der Waals surface area contributed by atoms with Crippen LogP contribution < -0.4 is 0 Å². The van der Waals surface area contributed by atoms with Gasteiger partial charge < -0.3 is 9.52 Å². The fraction of sp³-hybridized carbons (Fsp3) is 0. The standard InChI is InChI=1S/C17H10O3S/c18-17(19)15-8-11-7-14(10-5-6-21-9-10)12-3-1-2-4-13(12)16(11)20-15/h1-9H,(H,18,19). The van der Waals surface area contributed by atoms with Gasteiger partial charge in [0.1, 0.15) is 5.58 Å². The van der Waals surface area contributed by atoms with Crippen molar-refractivity contribution in [2.24, 2.45) is 0 Å². The van der Waals surface area contributed by atoms with Gasteiger partial charge in [0.15, 0.2) is 0 Å². The molecule has 0 aliphatic rings. The highest BCUT2D eigenvalue weighted by molar-refractivity contribution is 7.08. The second-order valence-electron chi connectivity index (χ2n) is 4.82. The first-order valence-electron chi connectivity index (χ1n) is 6.45. The minimum absolute atomic E-state index is 0.0300. The molecule has 0 aliphatic heterocycles. The van der Waals surface area contributed by atoms with Gasteiger partial charge in [0, 0.05) is 10.8 Å². The Bertz CT molecular complexity index is 964. The van der Waals surface area contributed by atoms with Crippen LogP contribution >= 0.6 is 11.3 Å². The highest BCUT2D eigenvalue weighted by Crippen LogP contribution is 2.36. The Kier molecular flexibility index (Phi) is 2.59. The SMILES string of the molecule is O=C(O)c1cc2cc(-c3ccsc3)c3ccccc3c2o1. The molecule has 2 aromatic heterocycles. The third kappa shape index (κ3) is 1.84.